The van der Waals surface area contributed by atoms with Crippen LogP contribution < -0.4 is 15.5 Å². The van der Waals surface area contributed by atoms with Gasteiger partial charge in [0.05, 0.1) is 5.69 Å². The van der Waals surface area contributed by atoms with Gasteiger partial charge in [-0.3, -0.25) is 9.79 Å². The van der Waals surface area contributed by atoms with Gasteiger partial charge in [-0.15, -0.1) is 24.0 Å². The maximum absolute atomic E-state index is 14.1. The number of para-hydroxylation sites is 1. The summed E-state index contributed by atoms with van der Waals surface area (Å²) >= 11 is 0. The van der Waals surface area contributed by atoms with Crippen LogP contribution in [-0.4, -0.2) is 55.5 Å². The SMILES string of the molecule is CN=C(NCc1cccc(C(=O)NC(C)(C)C)c1)N1CCN(c2ccccc2F)CC1.I. The van der Waals surface area contributed by atoms with Crippen LogP contribution in [0.15, 0.2) is 53.5 Å². The lowest BCUT2D eigenvalue weighted by Crippen LogP contribution is -2.52. The number of carbonyl (C=O) groups is 1. The molecule has 1 heterocycles. The fourth-order valence-electron chi connectivity index (χ4n) is 3.62. The normalized spacial score (nSPS) is 14.6. The van der Waals surface area contributed by atoms with Gasteiger partial charge in [0.2, 0.25) is 0 Å². The van der Waals surface area contributed by atoms with Crippen molar-refractivity contribution in [1.82, 2.24) is 15.5 Å². The molecule has 32 heavy (non-hydrogen) atoms. The average Bonchev–Trinajstić information content (AvgIpc) is 2.74. The van der Waals surface area contributed by atoms with Crippen LogP contribution in [0.5, 0.6) is 0 Å². The number of benzene rings is 2. The molecule has 0 bridgehead atoms. The van der Waals surface area contributed by atoms with Gasteiger partial charge in [0.1, 0.15) is 5.82 Å². The molecule has 8 heteroatoms. The first-order chi connectivity index (χ1) is 14.8. The van der Waals surface area contributed by atoms with Crippen LogP contribution in [0.4, 0.5) is 10.1 Å². The number of piperazine rings is 1. The van der Waals surface area contributed by atoms with Gasteiger partial charge in [0, 0.05) is 50.9 Å². The number of aliphatic imine (C=N–C) groups is 1. The monoisotopic (exact) mass is 553 g/mol. The molecule has 1 aliphatic rings. The quantitative estimate of drug-likeness (QED) is 0.343. The number of amides is 1. The number of hydrogen-bond acceptors (Lipinski definition) is 3. The van der Waals surface area contributed by atoms with Crippen LogP contribution in [0.25, 0.3) is 0 Å². The van der Waals surface area contributed by atoms with E-state index in [1.54, 1.807) is 13.1 Å². The molecular formula is C24H33FIN5O. The van der Waals surface area contributed by atoms with Crippen molar-refractivity contribution in [3.8, 4) is 0 Å². The Kier molecular flexibility index (Phi) is 9.30. The average molecular weight is 553 g/mol. The highest BCUT2D eigenvalue weighted by molar-refractivity contribution is 14.0. The molecule has 1 fully saturated rings. The van der Waals surface area contributed by atoms with Crippen LogP contribution in [0.3, 0.4) is 0 Å². The van der Waals surface area contributed by atoms with E-state index >= 15 is 0 Å². The van der Waals surface area contributed by atoms with Crippen molar-refractivity contribution < 1.29 is 9.18 Å². The Balaban J connectivity index is 0.00000363. The Bertz CT molecular complexity index is 936. The van der Waals surface area contributed by atoms with Gasteiger partial charge in [0.25, 0.3) is 5.91 Å². The molecule has 0 saturated carbocycles. The highest BCUT2D eigenvalue weighted by Gasteiger charge is 2.21. The molecule has 2 N–H and O–H groups in total. The largest absolute Gasteiger partial charge is 0.366 e. The second-order valence-electron chi connectivity index (χ2n) is 8.73. The van der Waals surface area contributed by atoms with E-state index in [1.807, 2.05) is 57.2 Å². The van der Waals surface area contributed by atoms with E-state index in [-0.39, 0.29) is 41.2 Å². The first-order valence-electron chi connectivity index (χ1n) is 10.6. The number of rotatable bonds is 4. The van der Waals surface area contributed by atoms with E-state index in [1.165, 1.54) is 6.07 Å². The third kappa shape index (κ3) is 7.08. The van der Waals surface area contributed by atoms with Gasteiger partial charge in [-0.2, -0.15) is 0 Å². The molecule has 1 amide bonds. The van der Waals surface area contributed by atoms with Crippen molar-refractivity contribution >= 4 is 41.5 Å². The summed E-state index contributed by atoms with van der Waals surface area (Å²) in [7, 11) is 1.76. The summed E-state index contributed by atoms with van der Waals surface area (Å²) in [4.78, 5) is 21.1. The Morgan fingerprint density at radius 1 is 1.06 bits per heavy atom. The molecule has 0 atom stereocenters. The Hall–Kier alpha value is -2.36. The molecule has 3 rings (SSSR count). The van der Waals surface area contributed by atoms with Crippen LogP contribution >= 0.6 is 24.0 Å². The number of nitrogens with one attached hydrogen (secondary N) is 2. The Labute approximate surface area is 207 Å². The van der Waals surface area contributed by atoms with Crippen LogP contribution in [0.2, 0.25) is 0 Å². The van der Waals surface area contributed by atoms with Crippen molar-refractivity contribution in [2.24, 2.45) is 4.99 Å². The summed E-state index contributed by atoms with van der Waals surface area (Å²) in [5.74, 6) is 0.537. The maximum Gasteiger partial charge on any atom is 0.251 e. The van der Waals surface area contributed by atoms with E-state index < -0.39 is 0 Å². The molecule has 1 saturated heterocycles. The van der Waals surface area contributed by atoms with Gasteiger partial charge >= 0.3 is 0 Å². The van der Waals surface area contributed by atoms with Crippen LogP contribution in [-0.2, 0) is 6.54 Å². The minimum absolute atomic E-state index is 0. The van der Waals surface area contributed by atoms with E-state index in [9.17, 15) is 9.18 Å². The molecule has 0 aliphatic carbocycles. The molecule has 0 radical (unpaired) electrons. The van der Waals surface area contributed by atoms with Crippen LogP contribution in [0, 0.1) is 5.82 Å². The zero-order valence-corrected chi connectivity index (χ0v) is 21.5. The fourth-order valence-corrected chi connectivity index (χ4v) is 3.62. The van der Waals surface area contributed by atoms with Gasteiger partial charge in [-0.1, -0.05) is 24.3 Å². The predicted octanol–water partition coefficient (Wildman–Crippen LogP) is 3.87. The number of carbonyl (C=O) groups excluding carboxylic acids is 1. The molecule has 0 aromatic heterocycles. The summed E-state index contributed by atoms with van der Waals surface area (Å²) in [5.41, 5.74) is 2.02. The van der Waals surface area contributed by atoms with Gasteiger partial charge in [-0.25, -0.2) is 4.39 Å². The Morgan fingerprint density at radius 3 is 2.38 bits per heavy atom. The third-order valence-corrected chi connectivity index (χ3v) is 5.11. The van der Waals surface area contributed by atoms with Crippen molar-refractivity contribution in [1.29, 1.82) is 0 Å². The highest BCUT2D eigenvalue weighted by Crippen LogP contribution is 2.20. The summed E-state index contributed by atoms with van der Waals surface area (Å²) in [6, 6.07) is 14.5. The summed E-state index contributed by atoms with van der Waals surface area (Å²) in [5, 5.41) is 6.38. The number of hydrogen-bond donors (Lipinski definition) is 2. The number of nitrogens with zero attached hydrogens (tertiary/aromatic N) is 3. The van der Waals surface area contributed by atoms with Crippen LogP contribution in [0.1, 0.15) is 36.7 Å². The van der Waals surface area contributed by atoms with Crippen molar-refractivity contribution in [3.63, 3.8) is 0 Å². The van der Waals surface area contributed by atoms with E-state index in [2.05, 4.69) is 25.4 Å². The van der Waals surface area contributed by atoms with Crippen molar-refractivity contribution in [2.75, 3.05) is 38.1 Å². The second kappa shape index (κ2) is 11.5. The summed E-state index contributed by atoms with van der Waals surface area (Å²) in [6.45, 7) is 9.42. The minimum Gasteiger partial charge on any atom is -0.366 e. The van der Waals surface area contributed by atoms with Gasteiger partial charge in [0.15, 0.2) is 5.96 Å². The summed E-state index contributed by atoms with van der Waals surface area (Å²) in [6.07, 6.45) is 0. The number of anilines is 1. The lowest BCUT2D eigenvalue weighted by Gasteiger charge is -2.37. The van der Waals surface area contributed by atoms with Crippen molar-refractivity contribution in [3.05, 3.63) is 65.5 Å². The van der Waals surface area contributed by atoms with Gasteiger partial charge in [-0.05, 0) is 50.6 Å². The first kappa shape index (κ1) is 25.9. The standard InChI is InChI=1S/C24H32FN5O.HI/c1-24(2,3)28-22(31)19-9-7-8-18(16-19)17-27-23(26-4)30-14-12-29(13-15-30)21-11-6-5-10-20(21)25;/h5-11,16H,12-15,17H2,1-4H3,(H,26,27)(H,28,31);1H. The lowest BCUT2D eigenvalue weighted by molar-refractivity contribution is 0.0919. The van der Waals surface area contributed by atoms with E-state index in [0.717, 1.165) is 37.7 Å². The smallest absolute Gasteiger partial charge is 0.251 e. The Morgan fingerprint density at radius 2 is 1.75 bits per heavy atom. The topological polar surface area (TPSA) is 60.0 Å². The fraction of sp³-hybridized carbons (Fsp3) is 0.417. The number of guanidine groups is 1. The predicted molar refractivity (Wildman–Crippen MR) is 139 cm³/mol. The molecule has 2 aromatic carbocycles. The van der Waals surface area contributed by atoms with E-state index in [0.29, 0.717) is 17.8 Å². The molecule has 1 aliphatic heterocycles. The number of halogens is 2. The third-order valence-electron chi connectivity index (χ3n) is 5.11. The molecule has 174 valence electrons. The molecule has 2 aromatic rings. The maximum atomic E-state index is 14.1. The zero-order valence-electron chi connectivity index (χ0n) is 19.2. The summed E-state index contributed by atoms with van der Waals surface area (Å²) < 4.78 is 14.1. The van der Waals surface area contributed by atoms with Gasteiger partial charge < -0.3 is 20.4 Å². The lowest BCUT2D eigenvalue weighted by atomic mass is 10.1. The van der Waals surface area contributed by atoms with E-state index in [4.69, 9.17) is 0 Å². The molecule has 0 spiro atoms. The minimum atomic E-state index is -0.280. The van der Waals surface area contributed by atoms with Crippen molar-refractivity contribution in [2.45, 2.75) is 32.9 Å². The first-order valence-corrected chi connectivity index (χ1v) is 10.6. The molecule has 6 nitrogen and oxygen atoms in total. The zero-order chi connectivity index (χ0) is 22.4. The molecule has 0 unspecified atom stereocenters. The second-order valence-corrected chi connectivity index (χ2v) is 8.73. The highest BCUT2D eigenvalue weighted by atomic mass is 127. The molecular weight excluding hydrogens is 520 g/mol.